The lowest BCUT2D eigenvalue weighted by Gasteiger charge is -2.24. The third-order valence-electron chi connectivity index (χ3n) is 5.63. The Hall–Kier alpha value is -1.29. The van der Waals surface area contributed by atoms with Gasteiger partial charge >= 0.3 is 0 Å². The molecular weight excluding hydrogens is 376 g/mol. The van der Waals surface area contributed by atoms with E-state index in [4.69, 9.17) is 11.6 Å². The van der Waals surface area contributed by atoms with Crippen molar-refractivity contribution in [3.8, 4) is 0 Å². The molecule has 146 valence electrons. The smallest absolute Gasteiger partial charge is 0.125 e. The van der Waals surface area contributed by atoms with E-state index >= 15 is 0 Å². The predicted octanol–water partition coefficient (Wildman–Crippen LogP) is 6.06. The van der Waals surface area contributed by atoms with Gasteiger partial charge in [-0.15, -0.1) is 22.9 Å². The molecule has 0 radical (unpaired) electrons. The second kappa shape index (κ2) is 8.81. The highest BCUT2D eigenvalue weighted by molar-refractivity contribution is 7.13. The van der Waals surface area contributed by atoms with Gasteiger partial charge in [-0.3, -0.25) is 0 Å². The molecule has 0 aliphatic heterocycles. The van der Waals surface area contributed by atoms with Crippen LogP contribution in [0.2, 0.25) is 0 Å². The molecule has 1 aromatic carbocycles. The summed E-state index contributed by atoms with van der Waals surface area (Å²) in [7, 11) is 0. The molecule has 1 unspecified atom stereocenters. The van der Waals surface area contributed by atoms with Gasteiger partial charge in [0.15, 0.2) is 0 Å². The summed E-state index contributed by atoms with van der Waals surface area (Å²) in [4.78, 5) is 2.10. The van der Waals surface area contributed by atoms with Crippen LogP contribution < -0.4 is 0 Å². The van der Waals surface area contributed by atoms with Crippen molar-refractivity contribution in [1.29, 1.82) is 0 Å². The SMILES string of the molecule is C=C(O)c1ccc(CCC[C@@H]2C(Cc3cc(C)cc(C)c3)[C@H](O)C[C@H]2Cl)s1. The Morgan fingerprint density at radius 2 is 1.89 bits per heavy atom. The summed E-state index contributed by atoms with van der Waals surface area (Å²) in [5, 5.41) is 20.1. The third kappa shape index (κ3) is 5.16. The predicted molar refractivity (Wildman–Crippen MR) is 116 cm³/mol. The molecule has 3 rings (SSSR count). The molecule has 27 heavy (non-hydrogen) atoms. The van der Waals surface area contributed by atoms with Gasteiger partial charge in [0, 0.05) is 10.3 Å². The summed E-state index contributed by atoms with van der Waals surface area (Å²) in [5.74, 6) is 0.707. The Bertz CT molecular complexity index is 777. The van der Waals surface area contributed by atoms with Crippen molar-refractivity contribution in [2.75, 3.05) is 0 Å². The third-order valence-corrected chi connectivity index (χ3v) is 7.33. The molecule has 0 spiro atoms. The van der Waals surface area contributed by atoms with Gasteiger partial charge in [-0.05, 0) is 75.5 Å². The molecule has 4 heteroatoms. The van der Waals surface area contributed by atoms with Gasteiger partial charge in [-0.25, -0.2) is 0 Å². The van der Waals surface area contributed by atoms with E-state index in [-0.39, 0.29) is 23.2 Å². The van der Waals surface area contributed by atoms with Crippen molar-refractivity contribution in [1.82, 2.24) is 0 Å². The maximum Gasteiger partial charge on any atom is 0.125 e. The van der Waals surface area contributed by atoms with E-state index in [1.807, 2.05) is 6.07 Å². The topological polar surface area (TPSA) is 40.5 Å². The molecule has 4 atom stereocenters. The summed E-state index contributed by atoms with van der Waals surface area (Å²) >= 11 is 8.22. The maximum atomic E-state index is 10.6. The van der Waals surface area contributed by atoms with Gasteiger partial charge in [-0.2, -0.15) is 0 Å². The number of aliphatic hydroxyl groups is 2. The van der Waals surface area contributed by atoms with Gasteiger partial charge in [0.25, 0.3) is 0 Å². The van der Waals surface area contributed by atoms with Gasteiger partial charge in [-0.1, -0.05) is 35.9 Å². The molecular formula is C23H29ClO2S. The summed E-state index contributed by atoms with van der Waals surface area (Å²) in [6.07, 6.45) is 4.31. The number of hydrogen-bond acceptors (Lipinski definition) is 3. The largest absolute Gasteiger partial charge is 0.507 e. The van der Waals surface area contributed by atoms with E-state index in [9.17, 15) is 10.2 Å². The van der Waals surface area contributed by atoms with E-state index in [1.165, 1.54) is 21.6 Å². The number of hydrogen-bond donors (Lipinski definition) is 2. The highest BCUT2D eigenvalue weighted by Crippen LogP contribution is 2.41. The summed E-state index contributed by atoms with van der Waals surface area (Å²) in [5.41, 5.74) is 3.85. The van der Waals surface area contributed by atoms with Gasteiger partial charge < -0.3 is 10.2 Å². The summed E-state index contributed by atoms with van der Waals surface area (Å²) in [6.45, 7) is 7.83. The summed E-state index contributed by atoms with van der Waals surface area (Å²) in [6, 6.07) is 10.6. The molecule has 2 aromatic rings. The van der Waals surface area contributed by atoms with Crippen molar-refractivity contribution < 1.29 is 10.2 Å². The van der Waals surface area contributed by atoms with Crippen LogP contribution in [0.15, 0.2) is 36.9 Å². The number of halogens is 1. The molecule has 1 aromatic heterocycles. The quantitative estimate of drug-likeness (QED) is 0.434. The standard InChI is InChI=1S/C23H29ClO2S/c1-14-9-15(2)11-17(10-14)12-20-19(21(24)13-22(20)26)6-4-5-18-7-8-23(27-18)16(3)25/h7-11,19-22,25-26H,3-6,12-13H2,1-2H3/t19-,20?,21-,22-/m1/s1. The highest BCUT2D eigenvalue weighted by Gasteiger charge is 2.40. The fraction of sp³-hybridized carbons (Fsp3) is 0.478. The zero-order chi connectivity index (χ0) is 19.6. The van der Waals surface area contributed by atoms with Crippen LogP contribution in [0, 0.1) is 25.7 Å². The van der Waals surface area contributed by atoms with E-state index < -0.39 is 0 Å². The van der Waals surface area contributed by atoms with Crippen LogP contribution >= 0.6 is 22.9 Å². The highest BCUT2D eigenvalue weighted by atomic mass is 35.5. The van der Waals surface area contributed by atoms with Gasteiger partial charge in [0.1, 0.15) is 5.76 Å². The first-order valence-electron chi connectivity index (χ1n) is 9.69. The van der Waals surface area contributed by atoms with Crippen LogP contribution in [0.1, 0.15) is 45.7 Å². The van der Waals surface area contributed by atoms with Crippen molar-refractivity contribution in [3.63, 3.8) is 0 Å². The second-order valence-electron chi connectivity index (χ2n) is 7.95. The second-order valence-corrected chi connectivity index (χ2v) is 9.68. The molecule has 2 N–H and O–H groups in total. The van der Waals surface area contributed by atoms with Crippen LogP contribution in [-0.4, -0.2) is 21.7 Å². The van der Waals surface area contributed by atoms with Crippen LogP contribution in [0.5, 0.6) is 0 Å². The Morgan fingerprint density at radius 1 is 1.19 bits per heavy atom. The first-order valence-corrected chi connectivity index (χ1v) is 10.9. The van der Waals surface area contributed by atoms with Crippen LogP contribution in [0.25, 0.3) is 5.76 Å². The Morgan fingerprint density at radius 3 is 2.52 bits per heavy atom. The molecule has 0 amide bonds. The number of aliphatic hydroxyl groups excluding tert-OH is 2. The number of thiophene rings is 1. The Kier molecular flexibility index (Phi) is 6.67. The molecule has 1 aliphatic carbocycles. The molecule has 2 nitrogen and oxygen atoms in total. The fourth-order valence-corrected chi connectivity index (χ4v) is 5.87. The lowest BCUT2D eigenvalue weighted by molar-refractivity contribution is 0.115. The van der Waals surface area contributed by atoms with Crippen molar-refractivity contribution in [2.24, 2.45) is 11.8 Å². The molecule has 1 saturated carbocycles. The van der Waals surface area contributed by atoms with Crippen LogP contribution in [0.3, 0.4) is 0 Å². The van der Waals surface area contributed by atoms with E-state index in [0.29, 0.717) is 12.3 Å². The minimum atomic E-state index is -0.315. The molecule has 1 heterocycles. The molecule has 1 fully saturated rings. The van der Waals surface area contributed by atoms with Crippen LogP contribution in [-0.2, 0) is 12.8 Å². The number of alkyl halides is 1. The minimum absolute atomic E-state index is 0.0482. The molecule has 1 aliphatic rings. The van der Waals surface area contributed by atoms with Gasteiger partial charge in [0.05, 0.1) is 11.0 Å². The lowest BCUT2D eigenvalue weighted by atomic mass is 9.84. The minimum Gasteiger partial charge on any atom is -0.507 e. The van der Waals surface area contributed by atoms with Crippen molar-refractivity contribution in [3.05, 3.63) is 63.4 Å². The number of aryl methyl sites for hydroxylation is 3. The van der Waals surface area contributed by atoms with Crippen molar-refractivity contribution >= 4 is 28.7 Å². The fourth-order valence-electron chi connectivity index (χ4n) is 4.45. The normalized spacial score (nSPS) is 25.0. The average molecular weight is 405 g/mol. The first-order chi connectivity index (χ1) is 12.8. The van der Waals surface area contributed by atoms with E-state index in [2.05, 4.69) is 44.7 Å². The number of rotatable bonds is 7. The lowest BCUT2D eigenvalue weighted by Crippen LogP contribution is -2.23. The molecule has 0 saturated heterocycles. The maximum absolute atomic E-state index is 10.6. The van der Waals surface area contributed by atoms with Gasteiger partial charge in [0.2, 0.25) is 0 Å². The monoisotopic (exact) mass is 404 g/mol. The first kappa shape index (κ1) is 20.4. The zero-order valence-electron chi connectivity index (χ0n) is 16.1. The number of benzene rings is 1. The zero-order valence-corrected chi connectivity index (χ0v) is 17.7. The van der Waals surface area contributed by atoms with Crippen LogP contribution in [0.4, 0.5) is 0 Å². The Labute approximate surface area is 171 Å². The van der Waals surface area contributed by atoms with E-state index in [1.54, 1.807) is 11.3 Å². The van der Waals surface area contributed by atoms with E-state index in [0.717, 1.165) is 30.6 Å². The molecule has 0 bridgehead atoms. The average Bonchev–Trinajstić information content (AvgIpc) is 3.14. The van der Waals surface area contributed by atoms with Crippen molar-refractivity contribution in [2.45, 2.75) is 57.4 Å². The summed E-state index contributed by atoms with van der Waals surface area (Å²) < 4.78 is 0. The Balaban J connectivity index is 1.62.